The second-order valence-electron chi connectivity index (χ2n) is 6.78. The Morgan fingerprint density at radius 1 is 1.00 bits per heavy atom. The van der Waals surface area contributed by atoms with E-state index in [1.54, 1.807) is 6.33 Å². The van der Waals surface area contributed by atoms with Gasteiger partial charge in [-0.25, -0.2) is 9.97 Å². The van der Waals surface area contributed by atoms with Gasteiger partial charge in [0.1, 0.15) is 17.0 Å². The number of rotatable bonds is 4. The Morgan fingerprint density at radius 2 is 1.92 bits per heavy atom. The maximum absolute atomic E-state index is 4.55. The van der Waals surface area contributed by atoms with E-state index < -0.39 is 0 Å². The lowest BCUT2D eigenvalue weighted by Crippen LogP contribution is -2.08. The number of anilines is 1. The zero-order valence-corrected chi connectivity index (χ0v) is 15.4. The van der Waals surface area contributed by atoms with Gasteiger partial charge in [0.05, 0.1) is 10.9 Å². The van der Waals surface area contributed by atoms with Gasteiger partial charge in [0.25, 0.3) is 0 Å². The topological polar surface area (TPSA) is 50.7 Å². The summed E-state index contributed by atoms with van der Waals surface area (Å²) in [4.78, 5) is 16.2. The van der Waals surface area contributed by atoms with E-state index in [4.69, 9.17) is 0 Å². The van der Waals surface area contributed by atoms with Crippen LogP contribution in [0.1, 0.15) is 28.8 Å². The second-order valence-corrected chi connectivity index (χ2v) is 7.87. The molecular weight excluding hydrogens is 340 g/mol. The molecule has 0 saturated heterocycles. The van der Waals surface area contributed by atoms with Gasteiger partial charge in [0, 0.05) is 23.0 Å². The van der Waals surface area contributed by atoms with E-state index in [-0.39, 0.29) is 0 Å². The average molecular weight is 360 g/mol. The fraction of sp³-hybridized carbons (Fsp3) is 0.286. The first-order chi connectivity index (χ1) is 12.9. The smallest absolute Gasteiger partial charge is 0.138 e. The molecule has 1 aromatic carbocycles. The predicted molar refractivity (Wildman–Crippen MR) is 108 cm³/mol. The molecule has 26 heavy (non-hydrogen) atoms. The van der Waals surface area contributed by atoms with Crippen LogP contribution in [0.15, 0.2) is 42.9 Å². The molecule has 3 aromatic heterocycles. The van der Waals surface area contributed by atoms with Gasteiger partial charge in [-0.3, -0.25) is 4.98 Å². The molecule has 0 fully saturated rings. The minimum absolute atomic E-state index is 0.840. The van der Waals surface area contributed by atoms with Crippen molar-refractivity contribution in [2.45, 2.75) is 32.1 Å². The molecule has 0 saturated carbocycles. The van der Waals surface area contributed by atoms with Crippen molar-refractivity contribution >= 4 is 38.3 Å². The van der Waals surface area contributed by atoms with Gasteiger partial charge in [-0.05, 0) is 49.3 Å². The number of nitrogens with zero attached hydrogens (tertiary/aromatic N) is 3. The minimum atomic E-state index is 0.840. The van der Waals surface area contributed by atoms with Crippen LogP contribution >= 0.6 is 11.3 Å². The molecule has 1 N–H and O–H groups in total. The van der Waals surface area contributed by atoms with Crippen LogP contribution in [0.25, 0.3) is 21.1 Å². The number of fused-ring (bicyclic) bond motifs is 4. The molecule has 0 amide bonds. The van der Waals surface area contributed by atoms with Crippen LogP contribution in [0.2, 0.25) is 0 Å². The maximum Gasteiger partial charge on any atom is 0.138 e. The van der Waals surface area contributed by atoms with Crippen LogP contribution in [-0.4, -0.2) is 21.5 Å². The summed E-state index contributed by atoms with van der Waals surface area (Å²) < 4.78 is 0. The van der Waals surface area contributed by atoms with E-state index in [1.165, 1.54) is 46.0 Å². The summed E-state index contributed by atoms with van der Waals surface area (Å²) in [5.41, 5.74) is 3.84. The van der Waals surface area contributed by atoms with E-state index in [1.807, 2.05) is 23.6 Å². The van der Waals surface area contributed by atoms with Gasteiger partial charge < -0.3 is 5.32 Å². The average Bonchev–Trinajstić information content (AvgIpc) is 3.08. The number of para-hydroxylation sites is 1. The summed E-state index contributed by atoms with van der Waals surface area (Å²) in [5, 5.41) is 6.01. The highest BCUT2D eigenvalue weighted by Gasteiger charge is 2.19. The molecule has 0 unspecified atom stereocenters. The number of nitrogens with one attached hydrogen (secondary N) is 1. The SMILES string of the molecule is c1cnc2c(CCNc3ncnc4sc5c(c34)CCCC5)cccc2c1. The highest BCUT2D eigenvalue weighted by Crippen LogP contribution is 2.38. The number of aromatic nitrogens is 3. The van der Waals surface area contributed by atoms with Gasteiger partial charge in [-0.1, -0.05) is 24.3 Å². The molecule has 130 valence electrons. The third-order valence-electron chi connectivity index (χ3n) is 5.15. The second kappa shape index (κ2) is 6.65. The van der Waals surface area contributed by atoms with Gasteiger partial charge >= 0.3 is 0 Å². The lowest BCUT2D eigenvalue weighted by Gasteiger charge is -2.12. The first kappa shape index (κ1) is 15.7. The summed E-state index contributed by atoms with van der Waals surface area (Å²) >= 11 is 1.84. The Balaban J connectivity index is 1.41. The number of hydrogen-bond donors (Lipinski definition) is 1. The number of thiophene rings is 1. The van der Waals surface area contributed by atoms with Crippen LogP contribution in [0.3, 0.4) is 0 Å². The molecular formula is C21H20N4S. The fourth-order valence-corrected chi connectivity index (χ4v) is 5.14. The number of pyridine rings is 1. The zero-order chi connectivity index (χ0) is 17.3. The fourth-order valence-electron chi connectivity index (χ4n) is 3.91. The first-order valence-electron chi connectivity index (χ1n) is 9.22. The third-order valence-corrected chi connectivity index (χ3v) is 6.35. The van der Waals surface area contributed by atoms with Crippen molar-refractivity contribution in [2.24, 2.45) is 0 Å². The molecule has 0 spiro atoms. The number of hydrogen-bond acceptors (Lipinski definition) is 5. The summed E-state index contributed by atoms with van der Waals surface area (Å²) in [7, 11) is 0. The van der Waals surface area contributed by atoms with Crippen molar-refractivity contribution < 1.29 is 0 Å². The quantitative estimate of drug-likeness (QED) is 0.569. The first-order valence-corrected chi connectivity index (χ1v) is 10.0. The Labute approximate surface area is 156 Å². The van der Waals surface area contributed by atoms with Crippen LogP contribution in [-0.2, 0) is 19.3 Å². The molecule has 4 aromatic rings. The van der Waals surface area contributed by atoms with Crippen molar-refractivity contribution in [2.75, 3.05) is 11.9 Å². The largest absolute Gasteiger partial charge is 0.369 e. The summed E-state index contributed by atoms with van der Waals surface area (Å²) in [6.07, 6.45) is 9.39. The highest BCUT2D eigenvalue weighted by molar-refractivity contribution is 7.19. The molecule has 0 bridgehead atoms. The summed E-state index contributed by atoms with van der Waals surface area (Å²) in [6.45, 7) is 0.840. The Kier molecular flexibility index (Phi) is 4.02. The lowest BCUT2D eigenvalue weighted by atomic mass is 9.97. The van der Waals surface area contributed by atoms with Crippen molar-refractivity contribution in [3.8, 4) is 0 Å². The summed E-state index contributed by atoms with van der Waals surface area (Å²) in [6, 6.07) is 10.5. The van der Waals surface area contributed by atoms with Crippen LogP contribution in [0.4, 0.5) is 5.82 Å². The van der Waals surface area contributed by atoms with E-state index >= 15 is 0 Å². The standard InChI is InChI=1S/C21H20N4S/c1-2-9-17-16(8-1)18-20(24-13-25-21(18)26-17)23-12-10-15-6-3-5-14-7-4-11-22-19(14)15/h3-7,11,13H,1-2,8-10,12H2,(H,23,24,25). The molecule has 1 aliphatic carbocycles. The van der Waals surface area contributed by atoms with E-state index in [0.29, 0.717) is 0 Å². The van der Waals surface area contributed by atoms with Gasteiger partial charge in [-0.15, -0.1) is 11.3 Å². The normalized spacial score (nSPS) is 13.8. The van der Waals surface area contributed by atoms with E-state index in [2.05, 4.69) is 44.5 Å². The highest BCUT2D eigenvalue weighted by atomic mass is 32.1. The van der Waals surface area contributed by atoms with Crippen LogP contribution < -0.4 is 5.32 Å². The molecule has 0 aliphatic heterocycles. The van der Waals surface area contributed by atoms with Gasteiger partial charge in [0.15, 0.2) is 0 Å². The van der Waals surface area contributed by atoms with Crippen molar-refractivity contribution in [1.29, 1.82) is 0 Å². The van der Waals surface area contributed by atoms with Gasteiger partial charge in [0.2, 0.25) is 0 Å². The van der Waals surface area contributed by atoms with Gasteiger partial charge in [-0.2, -0.15) is 0 Å². The monoisotopic (exact) mass is 360 g/mol. The summed E-state index contributed by atoms with van der Waals surface area (Å²) in [5.74, 6) is 0.989. The van der Waals surface area contributed by atoms with Crippen LogP contribution in [0.5, 0.6) is 0 Å². The Morgan fingerprint density at radius 3 is 2.92 bits per heavy atom. The Hall–Kier alpha value is -2.53. The van der Waals surface area contributed by atoms with Crippen molar-refractivity contribution in [1.82, 2.24) is 15.0 Å². The van der Waals surface area contributed by atoms with Crippen LogP contribution in [0, 0.1) is 0 Å². The molecule has 3 heterocycles. The predicted octanol–water partition coefficient (Wildman–Crippen LogP) is 4.77. The Bertz CT molecular complexity index is 1080. The molecule has 5 heteroatoms. The third kappa shape index (κ3) is 2.72. The molecule has 4 nitrogen and oxygen atoms in total. The molecule has 0 radical (unpaired) electrons. The van der Waals surface area contributed by atoms with E-state index in [9.17, 15) is 0 Å². The maximum atomic E-state index is 4.55. The minimum Gasteiger partial charge on any atom is -0.369 e. The molecule has 1 aliphatic rings. The van der Waals surface area contributed by atoms with Crippen molar-refractivity contribution in [3.05, 3.63) is 58.9 Å². The van der Waals surface area contributed by atoms with E-state index in [0.717, 1.165) is 35.6 Å². The lowest BCUT2D eigenvalue weighted by molar-refractivity contribution is 0.700. The zero-order valence-electron chi connectivity index (χ0n) is 14.5. The molecule has 5 rings (SSSR count). The molecule has 0 atom stereocenters. The number of benzene rings is 1. The van der Waals surface area contributed by atoms with Crippen molar-refractivity contribution in [3.63, 3.8) is 0 Å². The number of aryl methyl sites for hydroxylation is 2.